The van der Waals surface area contributed by atoms with Crippen molar-refractivity contribution in [1.82, 2.24) is 0 Å². The third-order valence-electron chi connectivity index (χ3n) is 2.12. The van der Waals surface area contributed by atoms with E-state index in [1.54, 1.807) is 0 Å². The molecule has 0 bridgehead atoms. The maximum atomic E-state index is 7.37. The molecule has 0 heterocycles. The summed E-state index contributed by atoms with van der Waals surface area (Å²) in [5.74, 6) is 0.581. The molecule has 1 fully saturated rings. The second-order valence-electron chi connectivity index (χ2n) is 2.88. The van der Waals surface area contributed by atoms with Gasteiger partial charge >= 0.3 is 0 Å². The largest absolute Gasteiger partial charge is 0.103 e. The van der Waals surface area contributed by atoms with Crippen molar-refractivity contribution in [2.75, 3.05) is 0 Å². The highest BCUT2D eigenvalue weighted by Gasteiger charge is 2.10. The van der Waals surface area contributed by atoms with Crippen LogP contribution in [0.25, 0.3) is 0 Å². The van der Waals surface area contributed by atoms with Gasteiger partial charge in [-0.3, -0.25) is 0 Å². The van der Waals surface area contributed by atoms with Crippen molar-refractivity contribution in [2.24, 2.45) is 5.92 Å². The average Bonchev–Trinajstić information content (AvgIpc) is 2.06. The zero-order valence-electron chi connectivity index (χ0n) is 8.82. The topological polar surface area (TPSA) is 0 Å². The van der Waals surface area contributed by atoms with Crippen LogP contribution in [0.4, 0.5) is 0 Å². The van der Waals surface area contributed by atoms with Crippen LogP contribution in [0.5, 0.6) is 0 Å². The van der Waals surface area contributed by atoms with Crippen LogP contribution < -0.4 is 0 Å². The maximum Gasteiger partial charge on any atom is 0.0570 e. The SMILES string of the molecule is [2H]C([2H])=C([2H])CC1CCCCC1. The summed E-state index contributed by atoms with van der Waals surface area (Å²) >= 11 is 0. The van der Waals surface area contributed by atoms with E-state index in [2.05, 4.69) is 0 Å². The molecule has 9 heavy (non-hydrogen) atoms. The molecular formula is C9H16. The normalized spacial score (nSPS) is 26.0. The van der Waals surface area contributed by atoms with Crippen LogP contribution in [0.2, 0.25) is 0 Å². The Hall–Kier alpha value is -0.260. The van der Waals surface area contributed by atoms with E-state index in [4.69, 9.17) is 4.11 Å². The lowest BCUT2D eigenvalue weighted by Crippen LogP contribution is -2.04. The lowest BCUT2D eigenvalue weighted by atomic mass is 9.87. The molecule has 0 aliphatic heterocycles. The smallest absolute Gasteiger partial charge is 0.0570 e. The highest BCUT2D eigenvalue weighted by molar-refractivity contribution is 4.75. The molecule has 1 aliphatic rings. The van der Waals surface area contributed by atoms with Crippen molar-refractivity contribution in [3.05, 3.63) is 12.6 Å². The first-order chi connectivity index (χ1) is 5.70. The minimum atomic E-state index is -0.305. The molecule has 1 rings (SSSR count). The number of allylic oxidation sites excluding steroid dienone is 1. The molecule has 0 amide bonds. The van der Waals surface area contributed by atoms with E-state index in [1.807, 2.05) is 0 Å². The molecule has 0 radical (unpaired) electrons. The average molecular weight is 127 g/mol. The van der Waals surface area contributed by atoms with E-state index in [0.29, 0.717) is 12.3 Å². The number of rotatable bonds is 2. The van der Waals surface area contributed by atoms with Gasteiger partial charge in [0, 0.05) is 0 Å². The minimum absolute atomic E-state index is 0.210. The van der Waals surface area contributed by atoms with Gasteiger partial charge in [-0.25, -0.2) is 0 Å². The predicted octanol–water partition coefficient (Wildman–Crippen LogP) is 3.14. The van der Waals surface area contributed by atoms with Crippen LogP contribution in [0.3, 0.4) is 0 Å². The Balaban J connectivity index is 2.34. The van der Waals surface area contributed by atoms with Gasteiger partial charge in [-0.15, -0.1) is 6.53 Å². The first kappa shape index (κ1) is 3.80. The fraction of sp³-hybridized carbons (Fsp3) is 0.778. The van der Waals surface area contributed by atoms with Gasteiger partial charge in [-0.1, -0.05) is 38.2 Å². The Kier molecular flexibility index (Phi) is 1.56. The van der Waals surface area contributed by atoms with Crippen molar-refractivity contribution >= 4 is 0 Å². The van der Waals surface area contributed by atoms with E-state index in [0.717, 1.165) is 0 Å². The molecule has 0 saturated heterocycles. The molecule has 1 saturated carbocycles. The van der Waals surface area contributed by atoms with Crippen LogP contribution in [0.1, 0.15) is 42.6 Å². The fourth-order valence-electron chi connectivity index (χ4n) is 1.54. The quantitative estimate of drug-likeness (QED) is 0.500. The first-order valence-electron chi connectivity index (χ1n) is 5.33. The van der Waals surface area contributed by atoms with Gasteiger partial charge in [0.15, 0.2) is 0 Å². The Morgan fingerprint density at radius 1 is 1.56 bits per heavy atom. The molecule has 0 N–H and O–H groups in total. The molecule has 1 aliphatic carbocycles. The summed E-state index contributed by atoms with van der Waals surface area (Å²) in [5, 5.41) is 0. The standard InChI is InChI=1S/C9H16/c1-2-6-9-7-4-3-5-8-9/h2,9H,1,3-8H2/i1D2,2D. The van der Waals surface area contributed by atoms with E-state index >= 15 is 0 Å². The summed E-state index contributed by atoms with van der Waals surface area (Å²) in [6.45, 7) is -0.305. The molecule has 0 aromatic rings. The Morgan fingerprint density at radius 3 is 3.00 bits per heavy atom. The van der Waals surface area contributed by atoms with Crippen LogP contribution >= 0.6 is 0 Å². The Bertz CT molecular complexity index is 165. The third-order valence-corrected chi connectivity index (χ3v) is 2.12. The van der Waals surface area contributed by atoms with Crippen molar-refractivity contribution in [2.45, 2.75) is 38.5 Å². The monoisotopic (exact) mass is 127 g/mol. The highest BCUT2D eigenvalue weighted by Crippen LogP contribution is 2.25. The molecule has 0 unspecified atom stereocenters. The zero-order chi connectivity index (χ0) is 8.97. The zero-order valence-corrected chi connectivity index (χ0v) is 5.82. The molecular weight excluding hydrogens is 108 g/mol. The summed E-state index contributed by atoms with van der Waals surface area (Å²) < 4.78 is 21.3. The maximum absolute atomic E-state index is 7.37. The second kappa shape index (κ2) is 3.71. The van der Waals surface area contributed by atoms with Gasteiger partial charge in [0.2, 0.25) is 0 Å². The predicted molar refractivity (Wildman–Crippen MR) is 41.4 cm³/mol. The third kappa shape index (κ3) is 2.21. The summed E-state index contributed by atoms with van der Waals surface area (Å²) in [6.07, 6.45) is 6.89. The van der Waals surface area contributed by atoms with Gasteiger partial charge in [0.25, 0.3) is 0 Å². The van der Waals surface area contributed by atoms with E-state index in [-0.39, 0.29) is 12.6 Å². The molecule has 0 aromatic carbocycles. The first-order valence-corrected chi connectivity index (χ1v) is 3.83. The van der Waals surface area contributed by atoms with E-state index < -0.39 is 0 Å². The molecule has 0 atom stereocenters. The van der Waals surface area contributed by atoms with Gasteiger partial charge in [0.1, 0.15) is 0 Å². The fourth-order valence-corrected chi connectivity index (χ4v) is 1.54. The van der Waals surface area contributed by atoms with Crippen LogP contribution in [-0.4, -0.2) is 0 Å². The van der Waals surface area contributed by atoms with Crippen molar-refractivity contribution in [3.63, 3.8) is 0 Å². The molecule has 52 valence electrons. The van der Waals surface area contributed by atoms with Crippen molar-refractivity contribution in [1.29, 1.82) is 0 Å². The molecule has 0 nitrogen and oxygen atoms in total. The van der Waals surface area contributed by atoms with Crippen LogP contribution in [-0.2, 0) is 0 Å². The Morgan fingerprint density at radius 2 is 2.33 bits per heavy atom. The minimum Gasteiger partial charge on any atom is -0.103 e. The van der Waals surface area contributed by atoms with Gasteiger partial charge in [0.05, 0.1) is 4.11 Å². The summed E-state index contributed by atoms with van der Waals surface area (Å²) in [4.78, 5) is 0. The van der Waals surface area contributed by atoms with Gasteiger partial charge in [-0.2, -0.15) is 0 Å². The van der Waals surface area contributed by atoms with Gasteiger partial charge < -0.3 is 0 Å². The molecule has 0 heteroatoms. The van der Waals surface area contributed by atoms with Crippen LogP contribution in [0, 0.1) is 5.92 Å². The number of hydrogen-bond acceptors (Lipinski definition) is 0. The van der Waals surface area contributed by atoms with Gasteiger partial charge in [-0.05, 0) is 12.3 Å². The molecule has 0 spiro atoms. The summed E-state index contributed by atoms with van der Waals surface area (Å²) in [6, 6.07) is 0.210. The second-order valence-corrected chi connectivity index (χ2v) is 2.88. The highest BCUT2D eigenvalue weighted by atomic mass is 14.2. The Labute approximate surface area is 62.2 Å². The van der Waals surface area contributed by atoms with Crippen molar-refractivity contribution in [3.8, 4) is 0 Å². The number of hydrogen-bond donors (Lipinski definition) is 0. The molecule has 0 aromatic heterocycles. The van der Waals surface area contributed by atoms with E-state index in [1.165, 1.54) is 32.1 Å². The van der Waals surface area contributed by atoms with Crippen molar-refractivity contribution < 1.29 is 4.11 Å². The van der Waals surface area contributed by atoms with Crippen LogP contribution in [0.15, 0.2) is 12.6 Å². The summed E-state index contributed by atoms with van der Waals surface area (Å²) in [5.41, 5.74) is 0. The lowest BCUT2D eigenvalue weighted by Gasteiger charge is -2.19. The lowest BCUT2D eigenvalue weighted by molar-refractivity contribution is 0.361. The summed E-state index contributed by atoms with van der Waals surface area (Å²) in [7, 11) is 0. The van der Waals surface area contributed by atoms with E-state index in [9.17, 15) is 0 Å².